The molecule has 1 amide bonds. The van der Waals surface area contributed by atoms with Crippen LogP contribution in [0.25, 0.3) is 0 Å². The Bertz CT molecular complexity index is 931. The molecule has 0 spiro atoms. The fraction of sp³-hybridized carbons (Fsp3) is 0.391. The van der Waals surface area contributed by atoms with Gasteiger partial charge >= 0.3 is 0 Å². The number of carbonyl (C=O) groups excluding carboxylic acids is 1. The van der Waals surface area contributed by atoms with Crippen LogP contribution in [-0.2, 0) is 11.3 Å². The smallest absolute Gasteiger partial charge is 0.241 e. The minimum absolute atomic E-state index is 0.0597. The summed E-state index contributed by atoms with van der Waals surface area (Å²) >= 11 is 6.15. The molecule has 2 aromatic carbocycles. The van der Waals surface area contributed by atoms with Crippen molar-refractivity contribution in [3.8, 4) is 11.8 Å². The van der Waals surface area contributed by atoms with Crippen molar-refractivity contribution >= 4 is 23.2 Å². The summed E-state index contributed by atoms with van der Waals surface area (Å²) in [5, 5.41) is 12.5. The normalized spacial score (nSPS) is 16.0. The second-order valence-corrected chi connectivity index (χ2v) is 7.99. The molecule has 0 aliphatic carbocycles. The molecule has 6 nitrogen and oxygen atoms in total. The van der Waals surface area contributed by atoms with E-state index in [0.717, 1.165) is 38.3 Å². The lowest BCUT2D eigenvalue weighted by Gasteiger charge is -2.37. The average molecular weight is 427 g/mol. The molecule has 3 rings (SSSR count). The van der Waals surface area contributed by atoms with Gasteiger partial charge in [0.05, 0.1) is 30.5 Å². The number of anilines is 1. The van der Waals surface area contributed by atoms with E-state index in [4.69, 9.17) is 21.6 Å². The number of piperazine rings is 1. The lowest BCUT2D eigenvalue weighted by atomic mass is 10.1. The number of hydrogen-bond donors (Lipinski definition) is 1. The molecule has 1 saturated heterocycles. The highest BCUT2D eigenvalue weighted by atomic mass is 35.5. The van der Waals surface area contributed by atoms with Crippen molar-refractivity contribution in [3.63, 3.8) is 0 Å². The predicted octanol–water partition coefficient (Wildman–Crippen LogP) is 3.67. The molecule has 30 heavy (non-hydrogen) atoms. The summed E-state index contributed by atoms with van der Waals surface area (Å²) in [5.74, 6) is 0.494. The molecule has 7 heteroatoms. The summed E-state index contributed by atoms with van der Waals surface area (Å²) in [4.78, 5) is 17.4. The third kappa shape index (κ3) is 5.31. The van der Waals surface area contributed by atoms with E-state index in [0.29, 0.717) is 22.0 Å². The summed E-state index contributed by atoms with van der Waals surface area (Å²) < 4.78 is 5.36. The van der Waals surface area contributed by atoms with Crippen LogP contribution in [0.5, 0.6) is 5.75 Å². The zero-order valence-electron chi connectivity index (χ0n) is 17.6. The highest BCUT2D eigenvalue weighted by Gasteiger charge is 2.26. The molecule has 1 aliphatic rings. The van der Waals surface area contributed by atoms with Crippen LogP contribution in [0.2, 0.25) is 5.02 Å². The number of amides is 1. The molecule has 0 radical (unpaired) electrons. The van der Waals surface area contributed by atoms with Crippen LogP contribution in [0.1, 0.15) is 23.6 Å². The van der Waals surface area contributed by atoms with Crippen molar-refractivity contribution in [2.75, 3.05) is 38.6 Å². The molecule has 0 aromatic heterocycles. The Kier molecular flexibility index (Phi) is 7.33. The molecular weight excluding hydrogens is 400 g/mol. The first-order chi connectivity index (χ1) is 14.4. The van der Waals surface area contributed by atoms with Crippen LogP contribution in [0.3, 0.4) is 0 Å². The van der Waals surface area contributed by atoms with Gasteiger partial charge < -0.3 is 10.1 Å². The molecule has 1 heterocycles. The second kappa shape index (κ2) is 9.94. The van der Waals surface area contributed by atoms with Crippen molar-refractivity contribution in [1.82, 2.24) is 9.80 Å². The van der Waals surface area contributed by atoms with Crippen LogP contribution in [0.15, 0.2) is 36.4 Å². The second-order valence-electron chi connectivity index (χ2n) is 7.59. The Labute approximate surface area is 183 Å². The SMILES string of the molecule is COc1cc(Cl)c(C)cc1NC(=O)C(C)N1CCN(Cc2ccc(C#N)cc2)CC1. The van der Waals surface area contributed by atoms with Gasteiger partial charge in [-0.3, -0.25) is 14.6 Å². The van der Waals surface area contributed by atoms with E-state index in [1.807, 2.05) is 44.2 Å². The molecule has 0 saturated carbocycles. The van der Waals surface area contributed by atoms with E-state index < -0.39 is 0 Å². The van der Waals surface area contributed by atoms with E-state index in [2.05, 4.69) is 21.2 Å². The van der Waals surface area contributed by atoms with Crippen LogP contribution >= 0.6 is 11.6 Å². The summed E-state index contributed by atoms with van der Waals surface area (Å²) in [6.07, 6.45) is 0. The molecule has 1 unspecified atom stereocenters. The van der Waals surface area contributed by atoms with Gasteiger partial charge in [-0.1, -0.05) is 23.7 Å². The number of halogens is 1. The Hall–Kier alpha value is -2.59. The summed E-state index contributed by atoms with van der Waals surface area (Å²) in [6.45, 7) is 8.10. The van der Waals surface area contributed by atoms with Crippen LogP contribution in [-0.4, -0.2) is 55.0 Å². The summed E-state index contributed by atoms with van der Waals surface area (Å²) in [7, 11) is 1.56. The van der Waals surface area contributed by atoms with Gasteiger partial charge in [-0.15, -0.1) is 0 Å². The first-order valence-electron chi connectivity index (χ1n) is 10.0. The summed E-state index contributed by atoms with van der Waals surface area (Å²) in [5.41, 5.74) is 3.39. The predicted molar refractivity (Wildman–Crippen MR) is 119 cm³/mol. The first kappa shape index (κ1) is 22.1. The van der Waals surface area contributed by atoms with Crippen LogP contribution in [0, 0.1) is 18.3 Å². The standard InChI is InChI=1S/C23H27ClN4O2/c1-16-12-21(22(30-3)13-20(16)24)26-23(29)17(2)28-10-8-27(9-11-28)15-19-6-4-18(14-25)5-7-19/h4-7,12-13,17H,8-11,15H2,1-3H3,(H,26,29). The average Bonchev–Trinajstić information content (AvgIpc) is 2.76. The van der Waals surface area contributed by atoms with Crippen molar-refractivity contribution < 1.29 is 9.53 Å². The number of carbonyl (C=O) groups is 1. The quantitative estimate of drug-likeness (QED) is 0.763. The highest BCUT2D eigenvalue weighted by molar-refractivity contribution is 6.31. The fourth-order valence-corrected chi connectivity index (χ4v) is 3.74. The molecule has 1 fully saturated rings. The van der Waals surface area contributed by atoms with E-state index in [9.17, 15) is 4.79 Å². The minimum atomic E-state index is -0.247. The first-order valence-corrected chi connectivity index (χ1v) is 10.4. The van der Waals surface area contributed by atoms with Crippen molar-refractivity contribution in [3.05, 3.63) is 58.1 Å². The van der Waals surface area contributed by atoms with Gasteiger partial charge in [0.2, 0.25) is 5.91 Å². The van der Waals surface area contributed by atoms with Gasteiger partial charge in [-0.25, -0.2) is 0 Å². The molecule has 1 aliphatic heterocycles. The van der Waals surface area contributed by atoms with Gasteiger partial charge in [-0.2, -0.15) is 5.26 Å². The fourth-order valence-electron chi connectivity index (χ4n) is 3.58. The van der Waals surface area contributed by atoms with E-state index in [1.165, 1.54) is 5.56 Å². The van der Waals surface area contributed by atoms with Crippen LogP contribution in [0.4, 0.5) is 5.69 Å². The van der Waals surface area contributed by atoms with Crippen molar-refractivity contribution in [1.29, 1.82) is 5.26 Å². The maximum atomic E-state index is 12.8. The maximum absolute atomic E-state index is 12.8. The Morgan fingerprint density at radius 1 is 1.23 bits per heavy atom. The molecule has 1 atom stereocenters. The number of nitrogens with zero attached hydrogens (tertiary/aromatic N) is 3. The number of nitriles is 1. The summed E-state index contributed by atoms with van der Waals surface area (Å²) in [6, 6.07) is 13.2. The Balaban J connectivity index is 1.54. The Morgan fingerprint density at radius 3 is 2.50 bits per heavy atom. The number of rotatable bonds is 6. The lowest BCUT2D eigenvalue weighted by molar-refractivity contribution is -0.121. The maximum Gasteiger partial charge on any atom is 0.241 e. The number of hydrogen-bond acceptors (Lipinski definition) is 5. The van der Waals surface area contributed by atoms with E-state index >= 15 is 0 Å². The van der Waals surface area contributed by atoms with Gasteiger partial charge in [0.15, 0.2) is 0 Å². The largest absolute Gasteiger partial charge is 0.495 e. The van der Waals surface area contributed by atoms with Gasteiger partial charge in [0.25, 0.3) is 0 Å². The van der Waals surface area contributed by atoms with E-state index in [-0.39, 0.29) is 11.9 Å². The van der Waals surface area contributed by atoms with Gasteiger partial charge in [0.1, 0.15) is 5.75 Å². The van der Waals surface area contributed by atoms with Crippen molar-refractivity contribution in [2.24, 2.45) is 0 Å². The van der Waals surface area contributed by atoms with Gasteiger partial charge in [-0.05, 0) is 43.2 Å². The number of benzene rings is 2. The number of methoxy groups -OCH3 is 1. The van der Waals surface area contributed by atoms with Crippen LogP contribution < -0.4 is 10.1 Å². The molecular formula is C23H27ClN4O2. The lowest BCUT2D eigenvalue weighted by Crippen LogP contribution is -2.52. The molecule has 2 aromatic rings. The zero-order chi connectivity index (χ0) is 21.7. The third-order valence-electron chi connectivity index (χ3n) is 5.56. The number of aryl methyl sites for hydroxylation is 1. The zero-order valence-corrected chi connectivity index (χ0v) is 18.4. The number of ether oxygens (including phenoxy) is 1. The minimum Gasteiger partial charge on any atom is -0.495 e. The third-order valence-corrected chi connectivity index (χ3v) is 5.97. The number of nitrogens with one attached hydrogen (secondary N) is 1. The molecule has 0 bridgehead atoms. The highest BCUT2D eigenvalue weighted by Crippen LogP contribution is 2.31. The Morgan fingerprint density at radius 2 is 1.90 bits per heavy atom. The van der Waals surface area contributed by atoms with E-state index in [1.54, 1.807) is 13.2 Å². The monoisotopic (exact) mass is 426 g/mol. The van der Waals surface area contributed by atoms with Crippen molar-refractivity contribution in [2.45, 2.75) is 26.4 Å². The topological polar surface area (TPSA) is 68.6 Å². The van der Waals surface area contributed by atoms with Gasteiger partial charge in [0, 0.05) is 43.8 Å². The molecule has 1 N–H and O–H groups in total. The molecule has 158 valence electrons.